The van der Waals surface area contributed by atoms with Gasteiger partial charge in [0.2, 0.25) is 0 Å². The van der Waals surface area contributed by atoms with Gasteiger partial charge in [-0.1, -0.05) is 15.9 Å². The maximum atomic E-state index is 13.5. The zero-order chi connectivity index (χ0) is 19.6. The molecule has 0 radical (unpaired) electrons. The Hall–Kier alpha value is -2.93. The number of nitrogens with zero attached hydrogens (tertiary/aromatic N) is 3. The molecule has 0 bridgehead atoms. The first kappa shape index (κ1) is 18.8. The average Bonchev–Trinajstić information content (AvgIpc) is 3.08. The fourth-order valence-electron chi connectivity index (χ4n) is 2.37. The molecular formula is C17H9BrF4N4O. The van der Waals surface area contributed by atoms with E-state index in [4.69, 9.17) is 10.00 Å². The van der Waals surface area contributed by atoms with Crippen molar-refractivity contribution in [3.63, 3.8) is 0 Å². The third kappa shape index (κ3) is 4.25. The lowest BCUT2D eigenvalue weighted by atomic mass is 10.1. The standard InChI is InChI=1S/C17H9BrF4N4O/c18-11-1-2-15(13(6-11)16-14(7-23)24-26-25-16)27-8-9-3-10(17(20,21)22)5-12(19)4-9/h1-6H,8H2,(H,24,25,26). The van der Waals surface area contributed by atoms with Crippen LogP contribution in [0.2, 0.25) is 0 Å². The lowest BCUT2D eigenvalue weighted by Crippen LogP contribution is -2.07. The van der Waals surface area contributed by atoms with E-state index in [0.29, 0.717) is 16.1 Å². The van der Waals surface area contributed by atoms with Gasteiger partial charge in [0.1, 0.15) is 29.9 Å². The van der Waals surface area contributed by atoms with Crippen molar-refractivity contribution in [2.24, 2.45) is 0 Å². The first-order chi connectivity index (χ1) is 12.8. The first-order valence-electron chi connectivity index (χ1n) is 7.38. The number of benzene rings is 2. The van der Waals surface area contributed by atoms with Crippen LogP contribution in [0.3, 0.4) is 0 Å². The van der Waals surface area contributed by atoms with Gasteiger partial charge >= 0.3 is 6.18 Å². The molecule has 0 aliphatic carbocycles. The Kier molecular flexibility index (Phi) is 5.14. The van der Waals surface area contributed by atoms with Crippen LogP contribution >= 0.6 is 15.9 Å². The Morgan fingerprint density at radius 1 is 1.15 bits per heavy atom. The molecule has 0 amide bonds. The number of hydrogen-bond acceptors (Lipinski definition) is 4. The number of H-pyrrole nitrogens is 1. The molecular weight excluding hydrogens is 432 g/mol. The van der Waals surface area contributed by atoms with Gasteiger partial charge < -0.3 is 4.74 Å². The number of halogens is 5. The molecule has 2 aromatic carbocycles. The molecule has 10 heteroatoms. The Balaban J connectivity index is 1.92. The van der Waals surface area contributed by atoms with Gasteiger partial charge in [0, 0.05) is 10.0 Å². The molecule has 1 aromatic heterocycles. The van der Waals surface area contributed by atoms with Crippen molar-refractivity contribution in [2.45, 2.75) is 12.8 Å². The van der Waals surface area contributed by atoms with E-state index in [-0.39, 0.29) is 29.3 Å². The highest BCUT2D eigenvalue weighted by Crippen LogP contribution is 2.34. The lowest BCUT2D eigenvalue weighted by Gasteiger charge is -2.13. The van der Waals surface area contributed by atoms with Crippen molar-refractivity contribution in [1.29, 1.82) is 5.26 Å². The second-order valence-electron chi connectivity index (χ2n) is 5.41. The van der Waals surface area contributed by atoms with Gasteiger partial charge in [-0.3, -0.25) is 0 Å². The number of hydrogen-bond donors (Lipinski definition) is 1. The maximum Gasteiger partial charge on any atom is 0.416 e. The summed E-state index contributed by atoms with van der Waals surface area (Å²) in [7, 11) is 0. The molecule has 138 valence electrons. The van der Waals surface area contributed by atoms with Crippen molar-refractivity contribution >= 4 is 15.9 Å². The minimum absolute atomic E-state index is 0.0110. The average molecular weight is 441 g/mol. The summed E-state index contributed by atoms with van der Waals surface area (Å²) in [6.07, 6.45) is -4.66. The largest absolute Gasteiger partial charge is 0.488 e. The number of rotatable bonds is 4. The van der Waals surface area contributed by atoms with E-state index in [1.807, 2.05) is 6.07 Å². The third-order valence-electron chi connectivity index (χ3n) is 3.53. The van der Waals surface area contributed by atoms with Crippen LogP contribution in [-0.4, -0.2) is 15.4 Å². The monoisotopic (exact) mass is 440 g/mol. The van der Waals surface area contributed by atoms with Crippen LogP contribution in [0.5, 0.6) is 5.75 Å². The SMILES string of the molecule is N#Cc1n[nH]nc1-c1cc(Br)ccc1OCc1cc(F)cc(C(F)(F)F)c1. The number of nitriles is 1. The van der Waals surface area contributed by atoms with Gasteiger partial charge in [0.15, 0.2) is 5.69 Å². The number of nitrogens with one attached hydrogen (secondary N) is 1. The van der Waals surface area contributed by atoms with Crippen LogP contribution in [0.4, 0.5) is 17.6 Å². The van der Waals surface area contributed by atoms with E-state index in [1.54, 1.807) is 18.2 Å². The number of alkyl halides is 3. The molecule has 0 aliphatic rings. The number of aromatic nitrogens is 3. The predicted octanol–water partition coefficient (Wildman–Crippen LogP) is 4.84. The summed E-state index contributed by atoms with van der Waals surface area (Å²) in [6, 6.07) is 8.91. The van der Waals surface area contributed by atoms with Crippen LogP contribution < -0.4 is 4.74 Å². The van der Waals surface area contributed by atoms with E-state index in [2.05, 4.69) is 31.3 Å². The highest BCUT2D eigenvalue weighted by Gasteiger charge is 2.31. The van der Waals surface area contributed by atoms with Gasteiger partial charge in [0.05, 0.1) is 5.56 Å². The molecule has 1 N–H and O–H groups in total. The molecule has 3 rings (SSSR count). The van der Waals surface area contributed by atoms with Crippen LogP contribution in [0.15, 0.2) is 40.9 Å². The lowest BCUT2D eigenvalue weighted by molar-refractivity contribution is -0.137. The molecule has 0 saturated carbocycles. The summed E-state index contributed by atoms with van der Waals surface area (Å²) in [5.74, 6) is -0.760. The van der Waals surface area contributed by atoms with Gasteiger partial charge in [-0.2, -0.15) is 28.7 Å². The molecule has 0 spiro atoms. The van der Waals surface area contributed by atoms with Crippen molar-refractivity contribution in [3.8, 4) is 23.1 Å². The topological polar surface area (TPSA) is 74.6 Å². The quantitative estimate of drug-likeness (QED) is 0.588. The molecule has 0 aliphatic heterocycles. The molecule has 3 aromatic rings. The Morgan fingerprint density at radius 3 is 2.63 bits per heavy atom. The highest BCUT2D eigenvalue weighted by atomic mass is 79.9. The fourth-order valence-corrected chi connectivity index (χ4v) is 2.73. The second kappa shape index (κ2) is 7.36. The molecule has 0 atom stereocenters. The van der Waals surface area contributed by atoms with Crippen LogP contribution in [0, 0.1) is 17.1 Å². The maximum absolute atomic E-state index is 13.5. The first-order valence-corrected chi connectivity index (χ1v) is 8.17. The van der Waals surface area contributed by atoms with Crippen LogP contribution in [0.1, 0.15) is 16.8 Å². The smallest absolute Gasteiger partial charge is 0.416 e. The molecule has 0 unspecified atom stereocenters. The minimum atomic E-state index is -4.66. The van der Waals surface area contributed by atoms with Gasteiger partial charge in [-0.25, -0.2) is 4.39 Å². The number of ether oxygens (including phenoxy) is 1. The normalized spacial score (nSPS) is 11.3. The van der Waals surface area contributed by atoms with E-state index < -0.39 is 17.6 Å². The van der Waals surface area contributed by atoms with Crippen LogP contribution in [0.25, 0.3) is 11.3 Å². The molecule has 0 saturated heterocycles. The zero-order valence-corrected chi connectivity index (χ0v) is 14.9. The molecule has 27 heavy (non-hydrogen) atoms. The highest BCUT2D eigenvalue weighted by molar-refractivity contribution is 9.10. The Labute approximate surface area is 158 Å². The Morgan fingerprint density at radius 2 is 1.93 bits per heavy atom. The summed E-state index contributed by atoms with van der Waals surface area (Å²) >= 11 is 3.29. The van der Waals surface area contributed by atoms with Crippen LogP contribution in [-0.2, 0) is 12.8 Å². The van der Waals surface area contributed by atoms with Gasteiger partial charge in [-0.05, 0) is 42.0 Å². The molecule has 5 nitrogen and oxygen atoms in total. The fraction of sp³-hybridized carbons (Fsp3) is 0.118. The van der Waals surface area contributed by atoms with E-state index in [1.165, 1.54) is 0 Å². The third-order valence-corrected chi connectivity index (χ3v) is 4.02. The van der Waals surface area contributed by atoms with E-state index in [0.717, 1.165) is 12.1 Å². The summed E-state index contributed by atoms with van der Waals surface area (Å²) in [6.45, 7) is -0.310. The van der Waals surface area contributed by atoms with E-state index >= 15 is 0 Å². The summed E-state index contributed by atoms with van der Waals surface area (Å²) in [5, 5.41) is 19.0. The van der Waals surface area contributed by atoms with Crippen molar-refractivity contribution in [1.82, 2.24) is 15.4 Å². The second-order valence-corrected chi connectivity index (χ2v) is 6.32. The molecule has 1 heterocycles. The van der Waals surface area contributed by atoms with Gasteiger partial charge in [0.25, 0.3) is 0 Å². The van der Waals surface area contributed by atoms with Crippen molar-refractivity contribution < 1.29 is 22.3 Å². The number of aromatic amines is 1. The van der Waals surface area contributed by atoms with Gasteiger partial charge in [-0.15, -0.1) is 5.10 Å². The summed E-state index contributed by atoms with van der Waals surface area (Å²) in [5.41, 5.74) is -0.425. The summed E-state index contributed by atoms with van der Waals surface area (Å²) < 4.78 is 58.2. The predicted molar refractivity (Wildman–Crippen MR) is 90.0 cm³/mol. The minimum Gasteiger partial charge on any atom is -0.488 e. The molecule has 0 fully saturated rings. The van der Waals surface area contributed by atoms with Crippen molar-refractivity contribution in [2.75, 3.05) is 0 Å². The van der Waals surface area contributed by atoms with E-state index in [9.17, 15) is 17.6 Å². The summed E-state index contributed by atoms with van der Waals surface area (Å²) in [4.78, 5) is 0. The zero-order valence-electron chi connectivity index (χ0n) is 13.3. The van der Waals surface area contributed by atoms with Crippen molar-refractivity contribution in [3.05, 3.63) is 63.5 Å². The Bertz CT molecular complexity index is 1030.